The summed E-state index contributed by atoms with van der Waals surface area (Å²) in [6.07, 6.45) is 2.50. The lowest BCUT2D eigenvalue weighted by Crippen LogP contribution is -2.40. The average Bonchev–Trinajstić information content (AvgIpc) is 3.14. The van der Waals surface area contributed by atoms with E-state index < -0.39 is 0 Å². The molecule has 6 nitrogen and oxygen atoms in total. The van der Waals surface area contributed by atoms with Crippen LogP contribution < -0.4 is 0 Å². The number of rotatable bonds is 4. The zero-order valence-corrected chi connectivity index (χ0v) is 15.7. The second kappa shape index (κ2) is 8.10. The predicted octanol–water partition coefficient (Wildman–Crippen LogP) is 4.06. The molecule has 0 bridgehead atoms. The third-order valence-electron chi connectivity index (χ3n) is 4.29. The molecule has 0 spiro atoms. The van der Waals surface area contributed by atoms with Crippen LogP contribution in [0.25, 0.3) is 11.5 Å². The van der Waals surface area contributed by atoms with Gasteiger partial charge in [0, 0.05) is 18.7 Å². The lowest BCUT2D eigenvalue weighted by atomic mass is 9.97. The van der Waals surface area contributed by atoms with E-state index in [1.54, 1.807) is 30.0 Å². The second-order valence-corrected chi connectivity index (χ2v) is 6.80. The number of hydrogen-bond acceptors (Lipinski definition) is 5. The van der Waals surface area contributed by atoms with Gasteiger partial charge in [-0.2, -0.15) is 0 Å². The number of halogens is 2. The van der Waals surface area contributed by atoms with E-state index in [4.69, 9.17) is 32.4 Å². The van der Waals surface area contributed by atoms with Gasteiger partial charge in [-0.15, -0.1) is 0 Å². The van der Waals surface area contributed by atoms with Crippen molar-refractivity contribution in [2.24, 2.45) is 5.92 Å². The number of aromatic nitrogens is 1. The van der Waals surface area contributed by atoms with Crippen molar-refractivity contribution in [3.63, 3.8) is 0 Å². The van der Waals surface area contributed by atoms with Crippen LogP contribution in [0, 0.1) is 5.92 Å². The van der Waals surface area contributed by atoms with Gasteiger partial charge < -0.3 is 14.1 Å². The van der Waals surface area contributed by atoms with Gasteiger partial charge in [0.1, 0.15) is 6.26 Å². The van der Waals surface area contributed by atoms with Crippen molar-refractivity contribution in [2.45, 2.75) is 19.8 Å². The van der Waals surface area contributed by atoms with Crippen LogP contribution in [-0.2, 0) is 9.53 Å². The molecule has 0 saturated carbocycles. The molecule has 1 amide bonds. The van der Waals surface area contributed by atoms with Crippen LogP contribution in [0.2, 0.25) is 10.0 Å². The average molecular weight is 397 g/mol. The molecule has 2 aromatic rings. The number of piperidine rings is 1. The first kappa shape index (κ1) is 18.7. The summed E-state index contributed by atoms with van der Waals surface area (Å²) in [6, 6.07) is 5.00. The number of benzene rings is 1. The molecule has 138 valence electrons. The molecule has 26 heavy (non-hydrogen) atoms. The number of hydrogen-bond donors (Lipinski definition) is 0. The molecule has 0 aliphatic carbocycles. The molecule has 0 N–H and O–H groups in total. The Balaban J connectivity index is 1.65. The molecule has 1 fully saturated rings. The van der Waals surface area contributed by atoms with E-state index in [9.17, 15) is 9.59 Å². The van der Waals surface area contributed by atoms with Crippen LogP contribution in [0.3, 0.4) is 0 Å². The van der Waals surface area contributed by atoms with Crippen molar-refractivity contribution in [1.29, 1.82) is 0 Å². The summed E-state index contributed by atoms with van der Waals surface area (Å²) in [5.41, 5.74) is 0.861. The second-order valence-electron chi connectivity index (χ2n) is 5.99. The Morgan fingerprint density at radius 2 is 2.00 bits per heavy atom. The van der Waals surface area contributed by atoms with Gasteiger partial charge in [-0.25, -0.2) is 4.98 Å². The molecule has 1 saturated heterocycles. The van der Waals surface area contributed by atoms with E-state index in [1.807, 2.05) is 0 Å². The fourth-order valence-electron chi connectivity index (χ4n) is 2.87. The summed E-state index contributed by atoms with van der Waals surface area (Å²) in [5, 5.41) is 0.819. The van der Waals surface area contributed by atoms with Crippen molar-refractivity contribution < 1.29 is 18.7 Å². The summed E-state index contributed by atoms with van der Waals surface area (Å²) in [6.45, 7) is 3.12. The summed E-state index contributed by atoms with van der Waals surface area (Å²) in [4.78, 5) is 30.3. The van der Waals surface area contributed by atoms with Crippen molar-refractivity contribution in [1.82, 2.24) is 9.88 Å². The zero-order chi connectivity index (χ0) is 18.7. The maximum atomic E-state index is 12.6. The molecule has 1 aromatic heterocycles. The molecular formula is C18H18Cl2N2O4. The number of likely N-dealkylation sites (tertiary alicyclic amines) is 1. The predicted molar refractivity (Wildman–Crippen MR) is 97.2 cm³/mol. The standard InChI is InChI=1S/C18H18Cl2N2O4/c1-2-25-18(24)11-5-7-22(8-6-11)17(23)15-10-26-16(21-15)12-3-4-13(19)14(20)9-12/h3-4,9-11H,2,5-8H2,1H3. The number of ether oxygens (including phenoxy) is 1. The van der Waals surface area contributed by atoms with E-state index in [0.29, 0.717) is 54.0 Å². The van der Waals surface area contributed by atoms with Crippen molar-refractivity contribution >= 4 is 35.1 Å². The molecule has 0 atom stereocenters. The molecule has 0 radical (unpaired) electrons. The van der Waals surface area contributed by atoms with Crippen LogP contribution in [-0.4, -0.2) is 41.5 Å². The Morgan fingerprint density at radius 3 is 2.65 bits per heavy atom. The lowest BCUT2D eigenvalue weighted by Gasteiger charge is -2.30. The lowest BCUT2D eigenvalue weighted by molar-refractivity contribution is -0.149. The molecule has 3 rings (SSSR count). The number of amides is 1. The van der Waals surface area contributed by atoms with Gasteiger partial charge >= 0.3 is 5.97 Å². The highest BCUT2D eigenvalue weighted by Crippen LogP contribution is 2.28. The number of carbonyl (C=O) groups is 2. The summed E-state index contributed by atoms with van der Waals surface area (Å²) < 4.78 is 10.5. The number of esters is 1. The van der Waals surface area contributed by atoms with Crippen LogP contribution in [0.5, 0.6) is 0 Å². The highest BCUT2D eigenvalue weighted by molar-refractivity contribution is 6.42. The highest BCUT2D eigenvalue weighted by atomic mass is 35.5. The number of oxazole rings is 1. The molecule has 2 heterocycles. The maximum Gasteiger partial charge on any atom is 0.309 e. The van der Waals surface area contributed by atoms with E-state index in [-0.39, 0.29) is 23.5 Å². The molecule has 0 unspecified atom stereocenters. The highest BCUT2D eigenvalue weighted by Gasteiger charge is 2.29. The van der Waals surface area contributed by atoms with Crippen molar-refractivity contribution in [3.05, 3.63) is 40.2 Å². The van der Waals surface area contributed by atoms with E-state index >= 15 is 0 Å². The first-order valence-corrected chi connectivity index (χ1v) is 9.12. The topological polar surface area (TPSA) is 72.6 Å². The fourth-order valence-corrected chi connectivity index (χ4v) is 3.17. The maximum absolute atomic E-state index is 12.6. The Kier molecular flexibility index (Phi) is 5.84. The smallest absolute Gasteiger partial charge is 0.309 e. The molecule has 1 aliphatic rings. The molecule has 8 heteroatoms. The normalized spacial score (nSPS) is 15.1. The minimum atomic E-state index is -0.220. The quantitative estimate of drug-likeness (QED) is 0.728. The third-order valence-corrected chi connectivity index (χ3v) is 5.03. The first-order chi connectivity index (χ1) is 12.5. The van der Waals surface area contributed by atoms with Gasteiger partial charge in [0.05, 0.1) is 22.6 Å². The number of nitrogens with zero attached hydrogens (tertiary/aromatic N) is 2. The zero-order valence-electron chi connectivity index (χ0n) is 14.2. The van der Waals surface area contributed by atoms with Crippen LogP contribution in [0.15, 0.2) is 28.9 Å². The van der Waals surface area contributed by atoms with Gasteiger partial charge in [-0.3, -0.25) is 9.59 Å². The van der Waals surface area contributed by atoms with Crippen molar-refractivity contribution in [2.75, 3.05) is 19.7 Å². The number of carbonyl (C=O) groups excluding carboxylic acids is 2. The van der Waals surface area contributed by atoms with Crippen LogP contribution >= 0.6 is 23.2 Å². The van der Waals surface area contributed by atoms with Crippen LogP contribution in [0.4, 0.5) is 0 Å². The largest absolute Gasteiger partial charge is 0.466 e. The van der Waals surface area contributed by atoms with E-state index in [1.165, 1.54) is 6.26 Å². The summed E-state index contributed by atoms with van der Waals surface area (Å²) >= 11 is 11.9. The summed E-state index contributed by atoms with van der Waals surface area (Å²) in [7, 11) is 0. The minimum absolute atomic E-state index is 0.150. The van der Waals surface area contributed by atoms with Gasteiger partial charge in [0.2, 0.25) is 5.89 Å². The summed E-state index contributed by atoms with van der Waals surface area (Å²) in [5.74, 6) is -0.262. The van der Waals surface area contributed by atoms with Gasteiger partial charge in [-0.05, 0) is 38.0 Å². The van der Waals surface area contributed by atoms with Crippen molar-refractivity contribution in [3.8, 4) is 11.5 Å². The van der Waals surface area contributed by atoms with Gasteiger partial charge in [0.25, 0.3) is 5.91 Å². The van der Waals surface area contributed by atoms with E-state index in [2.05, 4.69) is 4.98 Å². The Hall–Kier alpha value is -2.05. The Morgan fingerprint density at radius 1 is 1.27 bits per heavy atom. The van der Waals surface area contributed by atoms with E-state index in [0.717, 1.165) is 0 Å². The van der Waals surface area contributed by atoms with Gasteiger partial charge in [0.15, 0.2) is 5.69 Å². The first-order valence-electron chi connectivity index (χ1n) is 8.36. The van der Waals surface area contributed by atoms with Crippen LogP contribution in [0.1, 0.15) is 30.3 Å². The minimum Gasteiger partial charge on any atom is -0.466 e. The Bertz CT molecular complexity index is 813. The molecule has 1 aliphatic heterocycles. The fraction of sp³-hybridized carbons (Fsp3) is 0.389. The molecule has 1 aromatic carbocycles. The Labute approximate surface area is 161 Å². The third kappa shape index (κ3) is 4.02. The molecular weight excluding hydrogens is 379 g/mol. The monoisotopic (exact) mass is 396 g/mol. The van der Waals surface area contributed by atoms with Gasteiger partial charge in [-0.1, -0.05) is 23.2 Å². The SMILES string of the molecule is CCOC(=O)C1CCN(C(=O)c2coc(-c3ccc(Cl)c(Cl)c3)n2)CC1.